The number of ether oxygens (including phenoxy) is 1. The van der Waals surface area contributed by atoms with E-state index in [9.17, 15) is 19.5 Å². The van der Waals surface area contributed by atoms with Crippen molar-refractivity contribution < 1.29 is 24.2 Å². The van der Waals surface area contributed by atoms with Gasteiger partial charge >= 0.3 is 11.9 Å². The first kappa shape index (κ1) is 23.5. The lowest BCUT2D eigenvalue weighted by Crippen LogP contribution is -2.13. The number of fused-ring (bicyclic) bond motifs is 1. The lowest BCUT2D eigenvalue weighted by molar-refractivity contribution is -0.130. The average molecular weight is 493 g/mol. The molecule has 34 heavy (non-hydrogen) atoms. The number of hydrogen-bond acceptors (Lipinski definition) is 8. The Kier molecular flexibility index (Phi) is 6.95. The minimum Gasteiger partial charge on any atom is -0.478 e. The maximum Gasteiger partial charge on any atom is 0.338 e. The molecule has 1 N–H and O–H groups in total. The topological polar surface area (TPSA) is 106 Å². The van der Waals surface area contributed by atoms with Crippen molar-refractivity contribution >= 4 is 57.4 Å². The van der Waals surface area contributed by atoms with Crippen molar-refractivity contribution in [3.8, 4) is 0 Å². The molecule has 9 heteroatoms. The van der Waals surface area contributed by atoms with Crippen LogP contribution in [0.1, 0.15) is 43.6 Å². The molecule has 0 bridgehead atoms. The summed E-state index contributed by atoms with van der Waals surface area (Å²) < 4.78 is 13.4. The van der Waals surface area contributed by atoms with Crippen LogP contribution in [0.2, 0.25) is 0 Å². The van der Waals surface area contributed by atoms with Gasteiger partial charge in [0.15, 0.2) is 5.78 Å². The first-order chi connectivity index (χ1) is 16.4. The summed E-state index contributed by atoms with van der Waals surface area (Å²) in [7, 11) is 0. The molecule has 0 atom stereocenters. The van der Waals surface area contributed by atoms with E-state index in [4.69, 9.17) is 4.74 Å². The van der Waals surface area contributed by atoms with Gasteiger partial charge in [-0.05, 0) is 66.2 Å². The molecule has 0 saturated carbocycles. The highest BCUT2D eigenvalue weighted by Crippen LogP contribution is 2.29. The van der Waals surface area contributed by atoms with Gasteiger partial charge in [-0.3, -0.25) is 4.79 Å². The first-order valence-electron chi connectivity index (χ1n) is 10.4. The average Bonchev–Trinajstić information content (AvgIpc) is 3.47. The number of aryl methyl sites for hydroxylation is 1. The van der Waals surface area contributed by atoms with E-state index in [1.54, 1.807) is 55.5 Å². The van der Waals surface area contributed by atoms with Gasteiger partial charge in [-0.25, -0.2) is 9.59 Å². The fourth-order valence-electron chi connectivity index (χ4n) is 3.52. The molecule has 0 saturated heterocycles. The normalized spacial score (nSPS) is 11.8. The minimum absolute atomic E-state index is 0.0773. The molecule has 0 aliphatic rings. The van der Waals surface area contributed by atoms with Gasteiger partial charge in [0, 0.05) is 12.0 Å². The van der Waals surface area contributed by atoms with Gasteiger partial charge < -0.3 is 9.84 Å². The number of Topliss-reactive ketones (excluding diaryl/α,β-unsaturated/α-hetero) is 1. The Bertz CT molecular complexity index is 1420. The van der Waals surface area contributed by atoms with Crippen molar-refractivity contribution in [1.82, 2.24) is 8.75 Å². The second-order valence-electron chi connectivity index (χ2n) is 7.54. The molecule has 0 radical (unpaired) electrons. The number of carbonyl (C=O) groups excluding carboxylic acids is 2. The molecule has 4 aromatic rings. The number of hydrogen-bond donors (Lipinski definition) is 1. The zero-order valence-electron chi connectivity index (χ0n) is 18.4. The molecule has 0 aliphatic carbocycles. The Balaban J connectivity index is 1.82. The maximum absolute atomic E-state index is 13.5. The number of carboxylic acids is 1. The number of ketones is 1. The van der Waals surface area contributed by atoms with Crippen LogP contribution in [0.3, 0.4) is 0 Å². The number of thiophene rings is 1. The maximum atomic E-state index is 13.5. The van der Waals surface area contributed by atoms with Crippen LogP contribution in [0.15, 0.2) is 59.5 Å². The summed E-state index contributed by atoms with van der Waals surface area (Å²) in [6, 6.07) is 13.4. The van der Waals surface area contributed by atoms with Gasteiger partial charge in [-0.1, -0.05) is 18.2 Å². The van der Waals surface area contributed by atoms with E-state index >= 15 is 0 Å². The highest BCUT2D eigenvalue weighted by molar-refractivity contribution is 7.12. The molecule has 0 fully saturated rings. The quantitative estimate of drug-likeness (QED) is 0.205. The van der Waals surface area contributed by atoms with Crippen molar-refractivity contribution in [1.29, 1.82) is 0 Å². The zero-order valence-corrected chi connectivity index (χ0v) is 20.0. The number of carboxylic acid groups (broad SMARTS) is 1. The second kappa shape index (κ2) is 10.1. The van der Waals surface area contributed by atoms with E-state index in [0.717, 1.165) is 17.3 Å². The van der Waals surface area contributed by atoms with E-state index in [2.05, 4.69) is 8.75 Å². The summed E-state index contributed by atoms with van der Waals surface area (Å²) in [5, 5.41) is 12.0. The molecule has 7 nitrogen and oxygen atoms in total. The van der Waals surface area contributed by atoms with E-state index in [1.165, 1.54) is 11.3 Å². The van der Waals surface area contributed by atoms with E-state index in [0.29, 0.717) is 32.6 Å². The van der Waals surface area contributed by atoms with Gasteiger partial charge in [0.25, 0.3) is 0 Å². The summed E-state index contributed by atoms with van der Waals surface area (Å²) >= 11 is 2.32. The number of esters is 1. The molecule has 2 heterocycles. The summed E-state index contributed by atoms with van der Waals surface area (Å²) in [5.74, 6) is -1.99. The summed E-state index contributed by atoms with van der Waals surface area (Å²) in [5.41, 5.74) is 3.69. The van der Waals surface area contributed by atoms with Crippen LogP contribution in [-0.4, -0.2) is 38.2 Å². The molecule has 2 aromatic carbocycles. The zero-order chi connectivity index (χ0) is 24.2. The number of allylic oxidation sites excluding steroid dienone is 1. The Morgan fingerprint density at radius 2 is 1.68 bits per heavy atom. The van der Waals surface area contributed by atoms with Crippen molar-refractivity contribution in [2.24, 2.45) is 0 Å². The van der Waals surface area contributed by atoms with Crippen LogP contribution in [0.25, 0.3) is 16.6 Å². The molecule has 0 spiro atoms. The van der Waals surface area contributed by atoms with Crippen LogP contribution in [0.4, 0.5) is 0 Å². The lowest BCUT2D eigenvalue weighted by Gasteiger charge is -2.13. The Morgan fingerprint density at radius 3 is 2.32 bits per heavy atom. The third-order valence-corrected chi connectivity index (χ3v) is 6.74. The predicted octanol–water partition coefficient (Wildman–Crippen LogP) is 5.20. The molecule has 0 aliphatic heterocycles. The van der Waals surface area contributed by atoms with Crippen LogP contribution in [-0.2, 0) is 16.0 Å². The number of rotatable bonds is 8. The molecule has 2 aromatic heterocycles. The molecular weight excluding hydrogens is 472 g/mol. The highest BCUT2D eigenvalue weighted by atomic mass is 32.1. The Labute approximate surface area is 203 Å². The summed E-state index contributed by atoms with van der Waals surface area (Å²) in [6.45, 7) is 3.88. The van der Waals surface area contributed by atoms with E-state index < -0.39 is 11.9 Å². The molecular formula is C25H20N2O5S2. The van der Waals surface area contributed by atoms with Gasteiger partial charge in [-0.15, -0.1) is 11.3 Å². The van der Waals surface area contributed by atoms with Crippen molar-refractivity contribution in [2.75, 3.05) is 6.61 Å². The van der Waals surface area contributed by atoms with Crippen LogP contribution < -0.4 is 0 Å². The van der Waals surface area contributed by atoms with Crippen LogP contribution in [0.5, 0.6) is 0 Å². The van der Waals surface area contributed by atoms with Gasteiger partial charge in [-0.2, -0.15) is 8.75 Å². The second-order valence-corrected chi connectivity index (χ2v) is 8.98. The Hall–Kier alpha value is -3.69. The summed E-state index contributed by atoms with van der Waals surface area (Å²) in [6.07, 6.45) is 0.0773. The number of aromatic nitrogens is 2. The highest BCUT2D eigenvalue weighted by Gasteiger charge is 2.25. The SMILES string of the molecule is CCOC(=O)c1ccc(CC(C(=O)c2cc(C)cs2)=C(C(=O)O)c2ccc3nsnc3c2)cc1. The minimum atomic E-state index is -1.21. The smallest absolute Gasteiger partial charge is 0.338 e. The van der Waals surface area contributed by atoms with Crippen molar-refractivity contribution in [3.63, 3.8) is 0 Å². The predicted molar refractivity (Wildman–Crippen MR) is 131 cm³/mol. The number of carbonyl (C=O) groups is 3. The van der Waals surface area contributed by atoms with Crippen LogP contribution in [0, 0.1) is 6.92 Å². The van der Waals surface area contributed by atoms with Gasteiger partial charge in [0.1, 0.15) is 11.0 Å². The molecule has 0 unspecified atom stereocenters. The van der Waals surface area contributed by atoms with Gasteiger partial charge in [0.2, 0.25) is 0 Å². The standard InChI is InChI=1S/C25H20N2O5S2/c1-3-32-25(31)16-6-4-15(5-7-16)11-18(23(28)21-10-14(2)13-33-21)22(24(29)30)17-8-9-19-20(12-17)27-34-26-19/h4-10,12-13H,3,11H2,1-2H3,(H,29,30). The summed E-state index contributed by atoms with van der Waals surface area (Å²) in [4.78, 5) is 38.4. The first-order valence-corrected chi connectivity index (χ1v) is 12.0. The monoisotopic (exact) mass is 492 g/mol. The number of aliphatic carboxylic acids is 1. The third-order valence-electron chi connectivity index (χ3n) is 5.13. The molecule has 172 valence electrons. The number of benzene rings is 2. The lowest BCUT2D eigenvalue weighted by atomic mass is 9.91. The fraction of sp³-hybridized carbons (Fsp3) is 0.160. The van der Waals surface area contributed by atoms with Gasteiger partial charge in [0.05, 0.1) is 34.3 Å². The van der Waals surface area contributed by atoms with E-state index in [-0.39, 0.29) is 30.0 Å². The largest absolute Gasteiger partial charge is 0.478 e. The Morgan fingerprint density at radius 1 is 0.971 bits per heavy atom. The molecule has 0 amide bonds. The fourth-order valence-corrected chi connectivity index (χ4v) is 4.91. The van der Waals surface area contributed by atoms with Crippen molar-refractivity contribution in [3.05, 3.63) is 86.6 Å². The van der Waals surface area contributed by atoms with E-state index in [1.807, 2.05) is 12.3 Å². The molecule has 4 rings (SSSR count). The number of nitrogens with zero attached hydrogens (tertiary/aromatic N) is 2. The van der Waals surface area contributed by atoms with Crippen LogP contribution >= 0.6 is 23.1 Å². The third kappa shape index (κ3) is 4.95. The van der Waals surface area contributed by atoms with Crippen molar-refractivity contribution in [2.45, 2.75) is 20.3 Å².